The van der Waals surface area contributed by atoms with Crippen molar-refractivity contribution in [3.05, 3.63) is 76.6 Å². The van der Waals surface area contributed by atoms with E-state index >= 15 is 0 Å². The number of benzene rings is 2. The van der Waals surface area contributed by atoms with Crippen LogP contribution in [0, 0.1) is 10.1 Å². The van der Waals surface area contributed by atoms with Gasteiger partial charge in [-0.3, -0.25) is 19.9 Å². The van der Waals surface area contributed by atoms with Gasteiger partial charge in [0.15, 0.2) is 0 Å². The molecule has 8 nitrogen and oxygen atoms in total. The van der Waals surface area contributed by atoms with Crippen molar-refractivity contribution in [2.24, 2.45) is 0 Å². The number of amides is 1. The molecule has 1 amide bonds. The van der Waals surface area contributed by atoms with Gasteiger partial charge in [0.2, 0.25) is 0 Å². The van der Waals surface area contributed by atoms with Gasteiger partial charge in [0, 0.05) is 55.7 Å². The predicted octanol–water partition coefficient (Wildman–Crippen LogP) is 3.40. The number of nitro groups is 1. The number of pyridine rings is 1. The van der Waals surface area contributed by atoms with Crippen molar-refractivity contribution in [3.63, 3.8) is 0 Å². The van der Waals surface area contributed by atoms with E-state index < -0.39 is 6.10 Å². The average Bonchev–Trinajstić information content (AvgIpc) is 2.82. The SMILES string of the molecule is C[C@H](OCc1ccccc1)C(=O)N1CCN(c2ccc([N+](=O)[O-])c3cnccc23)CC1. The number of carbonyl (C=O) groups is 1. The third kappa shape index (κ3) is 4.49. The second-order valence-corrected chi connectivity index (χ2v) is 7.53. The Morgan fingerprint density at radius 3 is 2.55 bits per heavy atom. The van der Waals surface area contributed by atoms with Crippen molar-refractivity contribution in [1.82, 2.24) is 9.88 Å². The number of anilines is 1. The van der Waals surface area contributed by atoms with Crippen LogP contribution in [0.15, 0.2) is 60.9 Å². The highest BCUT2D eigenvalue weighted by atomic mass is 16.6. The molecule has 31 heavy (non-hydrogen) atoms. The second kappa shape index (κ2) is 9.09. The highest BCUT2D eigenvalue weighted by Gasteiger charge is 2.27. The van der Waals surface area contributed by atoms with Crippen molar-refractivity contribution in [3.8, 4) is 0 Å². The molecule has 1 aromatic heterocycles. The van der Waals surface area contributed by atoms with E-state index in [9.17, 15) is 14.9 Å². The van der Waals surface area contributed by atoms with Crippen LogP contribution in [0.2, 0.25) is 0 Å². The highest BCUT2D eigenvalue weighted by Crippen LogP contribution is 2.33. The summed E-state index contributed by atoms with van der Waals surface area (Å²) in [4.78, 5) is 31.8. The third-order valence-electron chi connectivity index (χ3n) is 5.59. The molecule has 0 unspecified atom stereocenters. The monoisotopic (exact) mass is 420 g/mol. The fourth-order valence-corrected chi connectivity index (χ4v) is 3.89. The van der Waals surface area contributed by atoms with E-state index in [1.807, 2.05) is 35.2 Å². The summed E-state index contributed by atoms with van der Waals surface area (Å²) in [6, 6.07) is 14.9. The Hall–Kier alpha value is -3.52. The average molecular weight is 420 g/mol. The van der Waals surface area contributed by atoms with Crippen LogP contribution in [-0.4, -0.2) is 53.0 Å². The van der Waals surface area contributed by atoms with Gasteiger partial charge in [-0.2, -0.15) is 0 Å². The van der Waals surface area contributed by atoms with Gasteiger partial charge < -0.3 is 14.5 Å². The van der Waals surface area contributed by atoms with Crippen LogP contribution in [-0.2, 0) is 16.1 Å². The second-order valence-electron chi connectivity index (χ2n) is 7.53. The topological polar surface area (TPSA) is 88.8 Å². The normalized spacial score (nSPS) is 15.1. The van der Waals surface area contributed by atoms with Crippen LogP contribution < -0.4 is 4.90 Å². The first-order chi connectivity index (χ1) is 15.0. The number of hydrogen-bond donors (Lipinski definition) is 0. The van der Waals surface area contributed by atoms with Crippen LogP contribution in [0.5, 0.6) is 0 Å². The first-order valence-electron chi connectivity index (χ1n) is 10.2. The summed E-state index contributed by atoms with van der Waals surface area (Å²) in [5, 5.41) is 12.7. The molecule has 0 radical (unpaired) electrons. The maximum atomic E-state index is 12.8. The quantitative estimate of drug-likeness (QED) is 0.449. The zero-order valence-electron chi connectivity index (χ0n) is 17.3. The Bertz CT molecular complexity index is 1080. The van der Waals surface area contributed by atoms with Crippen molar-refractivity contribution in [1.29, 1.82) is 0 Å². The molecular formula is C23H24N4O4. The lowest BCUT2D eigenvalue weighted by Crippen LogP contribution is -2.51. The molecule has 0 N–H and O–H groups in total. The van der Waals surface area contributed by atoms with E-state index in [0.29, 0.717) is 38.2 Å². The van der Waals surface area contributed by atoms with E-state index in [0.717, 1.165) is 16.6 Å². The lowest BCUT2D eigenvalue weighted by atomic mass is 10.1. The van der Waals surface area contributed by atoms with E-state index in [1.165, 1.54) is 12.3 Å². The molecule has 1 fully saturated rings. The fourth-order valence-electron chi connectivity index (χ4n) is 3.89. The molecule has 4 rings (SSSR count). The van der Waals surface area contributed by atoms with Gasteiger partial charge in [-0.15, -0.1) is 0 Å². The van der Waals surface area contributed by atoms with Gasteiger partial charge in [-0.1, -0.05) is 30.3 Å². The molecule has 2 aromatic carbocycles. The number of piperazine rings is 1. The van der Waals surface area contributed by atoms with Gasteiger partial charge in [-0.05, 0) is 24.6 Å². The molecule has 1 aliphatic rings. The lowest BCUT2D eigenvalue weighted by Gasteiger charge is -2.37. The molecular weight excluding hydrogens is 396 g/mol. The molecule has 160 valence electrons. The Balaban J connectivity index is 1.40. The summed E-state index contributed by atoms with van der Waals surface area (Å²) in [5.41, 5.74) is 2.00. The van der Waals surface area contributed by atoms with Gasteiger partial charge in [0.05, 0.1) is 16.9 Å². The number of hydrogen-bond acceptors (Lipinski definition) is 6. The number of aromatic nitrogens is 1. The summed E-state index contributed by atoms with van der Waals surface area (Å²) in [6.07, 6.45) is 2.65. The van der Waals surface area contributed by atoms with E-state index in [1.54, 1.807) is 25.3 Å². The van der Waals surface area contributed by atoms with Crippen LogP contribution in [0.25, 0.3) is 10.8 Å². The van der Waals surface area contributed by atoms with Gasteiger partial charge in [0.1, 0.15) is 6.10 Å². The van der Waals surface area contributed by atoms with Crippen molar-refractivity contribution in [2.45, 2.75) is 19.6 Å². The molecule has 2 heterocycles. The first kappa shape index (κ1) is 20.7. The fraction of sp³-hybridized carbons (Fsp3) is 0.304. The van der Waals surface area contributed by atoms with Crippen LogP contribution in [0.4, 0.5) is 11.4 Å². The number of nitrogens with zero attached hydrogens (tertiary/aromatic N) is 4. The summed E-state index contributed by atoms with van der Waals surface area (Å²) in [5.74, 6) is -0.0201. The molecule has 1 saturated heterocycles. The van der Waals surface area contributed by atoms with Crippen molar-refractivity contribution < 1.29 is 14.5 Å². The van der Waals surface area contributed by atoms with Crippen molar-refractivity contribution in [2.75, 3.05) is 31.1 Å². The third-order valence-corrected chi connectivity index (χ3v) is 5.59. The lowest BCUT2D eigenvalue weighted by molar-refractivity contribution is -0.383. The number of fused-ring (bicyclic) bond motifs is 1. The molecule has 0 bridgehead atoms. The summed E-state index contributed by atoms with van der Waals surface area (Å²) >= 11 is 0. The molecule has 0 saturated carbocycles. The zero-order chi connectivity index (χ0) is 21.8. The van der Waals surface area contributed by atoms with E-state index in [-0.39, 0.29) is 16.5 Å². The van der Waals surface area contributed by atoms with Crippen LogP contribution >= 0.6 is 0 Å². The number of carbonyl (C=O) groups excluding carboxylic acids is 1. The van der Waals surface area contributed by atoms with Crippen LogP contribution in [0.1, 0.15) is 12.5 Å². The minimum atomic E-state index is -0.516. The zero-order valence-corrected chi connectivity index (χ0v) is 17.3. The molecule has 3 aromatic rings. The summed E-state index contributed by atoms with van der Waals surface area (Å²) in [6.45, 7) is 4.62. The van der Waals surface area contributed by atoms with Crippen LogP contribution in [0.3, 0.4) is 0 Å². The molecule has 1 aliphatic heterocycles. The summed E-state index contributed by atoms with van der Waals surface area (Å²) in [7, 11) is 0. The molecule has 0 spiro atoms. The predicted molar refractivity (Wildman–Crippen MR) is 118 cm³/mol. The molecule has 8 heteroatoms. The number of nitro benzene ring substituents is 1. The van der Waals surface area contributed by atoms with Gasteiger partial charge in [-0.25, -0.2) is 0 Å². The highest BCUT2D eigenvalue weighted by molar-refractivity contribution is 5.99. The van der Waals surface area contributed by atoms with E-state index in [4.69, 9.17) is 4.74 Å². The maximum Gasteiger partial charge on any atom is 0.278 e. The molecule has 1 atom stereocenters. The van der Waals surface area contributed by atoms with Gasteiger partial charge >= 0.3 is 0 Å². The van der Waals surface area contributed by atoms with Gasteiger partial charge in [0.25, 0.3) is 11.6 Å². The minimum Gasteiger partial charge on any atom is -0.367 e. The maximum absolute atomic E-state index is 12.8. The first-order valence-corrected chi connectivity index (χ1v) is 10.2. The van der Waals surface area contributed by atoms with Crippen molar-refractivity contribution >= 4 is 28.1 Å². The van der Waals surface area contributed by atoms with E-state index in [2.05, 4.69) is 9.88 Å². The number of rotatable bonds is 6. The number of ether oxygens (including phenoxy) is 1. The Morgan fingerprint density at radius 1 is 1.10 bits per heavy atom. The Kier molecular flexibility index (Phi) is 6.08. The number of non-ortho nitro benzene ring substituents is 1. The standard InChI is InChI=1S/C23H24N4O4/c1-17(31-16-18-5-3-2-4-6-18)23(28)26-13-11-25(12-14-26)21-7-8-22(27(29)30)20-15-24-10-9-19(20)21/h2-10,15,17H,11-14,16H2,1H3/t17-/m0/s1. The Morgan fingerprint density at radius 2 is 1.84 bits per heavy atom. The largest absolute Gasteiger partial charge is 0.367 e. The smallest absolute Gasteiger partial charge is 0.278 e. The summed E-state index contributed by atoms with van der Waals surface area (Å²) < 4.78 is 5.77. The Labute approximate surface area is 180 Å². The molecule has 0 aliphatic carbocycles. The minimum absolute atomic E-state index is 0.0201.